The van der Waals surface area contributed by atoms with E-state index in [2.05, 4.69) is 14.7 Å². The van der Waals surface area contributed by atoms with Gasteiger partial charge in [-0.1, -0.05) is 11.8 Å². The molecule has 0 saturated heterocycles. The topological polar surface area (TPSA) is 64.1 Å². The molecule has 1 amide bonds. The molecule has 0 aliphatic carbocycles. The molecule has 2 aromatic rings. The van der Waals surface area contributed by atoms with Crippen LogP contribution >= 0.6 is 23.3 Å². The molecule has 1 aromatic heterocycles. The summed E-state index contributed by atoms with van der Waals surface area (Å²) in [6.07, 6.45) is -5.31. The van der Waals surface area contributed by atoms with E-state index in [0.717, 1.165) is 34.6 Å². The average Bonchev–Trinajstić information content (AvgIpc) is 3.01. The highest BCUT2D eigenvalue weighted by atomic mass is 32.2. The van der Waals surface area contributed by atoms with Crippen molar-refractivity contribution in [1.29, 1.82) is 0 Å². The second kappa shape index (κ2) is 8.34. The Morgan fingerprint density at radius 2 is 2.04 bits per heavy atom. The minimum Gasteiger partial charge on any atom is -0.497 e. The van der Waals surface area contributed by atoms with Gasteiger partial charge < -0.3 is 10.1 Å². The summed E-state index contributed by atoms with van der Waals surface area (Å²) >= 11 is 2.27. The predicted octanol–water partition coefficient (Wildman–Crippen LogP) is 3.37. The van der Waals surface area contributed by atoms with Crippen LogP contribution in [0.25, 0.3) is 11.4 Å². The number of ether oxygens (including phenoxy) is 1. The van der Waals surface area contributed by atoms with E-state index >= 15 is 0 Å². The molecular weight excluding hydrogens is 363 g/mol. The Hall–Kier alpha value is -1.81. The average molecular weight is 377 g/mol. The van der Waals surface area contributed by atoms with Gasteiger partial charge in [0.2, 0.25) is 5.91 Å². The van der Waals surface area contributed by atoms with Crippen molar-refractivity contribution in [2.24, 2.45) is 0 Å². The fourth-order valence-corrected chi connectivity index (χ4v) is 3.09. The lowest BCUT2D eigenvalue weighted by Crippen LogP contribution is -2.29. The summed E-state index contributed by atoms with van der Waals surface area (Å²) in [6.45, 7) is -0.421. The number of hydrogen-bond donors (Lipinski definition) is 1. The largest absolute Gasteiger partial charge is 0.497 e. The lowest BCUT2D eigenvalue weighted by molar-refractivity contribution is -0.135. The fraction of sp³-hybridized carbons (Fsp3) is 0.357. The van der Waals surface area contributed by atoms with Crippen LogP contribution in [-0.2, 0) is 4.79 Å². The number of carbonyl (C=O) groups excluding carboxylic acids is 1. The van der Waals surface area contributed by atoms with Crippen molar-refractivity contribution in [3.63, 3.8) is 0 Å². The van der Waals surface area contributed by atoms with Crippen LogP contribution in [0.15, 0.2) is 28.6 Å². The number of amides is 1. The summed E-state index contributed by atoms with van der Waals surface area (Å²) in [5.74, 6) is 0.780. The van der Waals surface area contributed by atoms with Crippen LogP contribution in [-0.4, -0.2) is 40.8 Å². The summed E-state index contributed by atoms with van der Waals surface area (Å²) < 4.78 is 45.8. The Morgan fingerprint density at radius 1 is 1.33 bits per heavy atom. The molecule has 2 rings (SSSR count). The van der Waals surface area contributed by atoms with Crippen molar-refractivity contribution in [2.45, 2.75) is 16.9 Å². The molecule has 0 aliphatic rings. The number of rotatable bonds is 7. The van der Waals surface area contributed by atoms with Gasteiger partial charge in [0.15, 0.2) is 10.2 Å². The molecule has 0 spiro atoms. The second-order valence-corrected chi connectivity index (χ2v) is 6.59. The van der Waals surface area contributed by atoms with E-state index in [0.29, 0.717) is 10.2 Å². The van der Waals surface area contributed by atoms with Gasteiger partial charge in [-0.05, 0) is 35.8 Å². The van der Waals surface area contributed by atoms with E-state index in [1.165, 1.54) is 0 Å². The van der Waals surface area contributed by atoms with Crippen LogP contribution in [0.2, 0.25) is 0 Å². The maximum atomic E-state index is 12.0. The molecule has 1 aromatic carbocycles. The quantitative estimate of drug-likeness (QED) is 0.750. The molecule has 0 atom stereocenters. The van der Waals surface area contributed by atoms with Crippen LogP contribution in [0.5, 0.6) is 5.75 Å². The lowest BCUT2D eigenvalue weighted by Gasteiger charge is -2.06. The number of methoxy groups -OCH3 is 1. The summed E-state index contributed by atoms with van der Waals surface area (Å²) in [4.78, 5) is 15.8. The molecule has 0 bridgehead atoms. The summed E-state index contributed by atoms with van der Waals surface area (Å²) in [5, 5.41) is 2.22. The number of carbonyl (C=O) groups is 1. The zero-order chi connectivity index (χ0) is 17.6. The number of nitrogens with zero attached hydrogens (tertiary/aromatic N) is 2. The van der Waals surface area contributed by atoms with Crippen molar-refractivity contribution in [3.05, 3.63) is 24.3 Å². The molecule has 1 heterocycles. The van der Waals surface area contributed by atoms with Crippen LogP contribution in [0.4, 0.5) is 13.2 Å². The van der Waals surface area contributed by atoms with Gasteiger partial charge in [0.05, 0.1) is 19.3 Å². The monoisotopic (exact) mass is 377 g/mol. The van der Waals surface area contributed by atoms with Gasteiger partial charge in [-0.2, -0.15) is 17.5 Å². The van der Waals surface area contributed by atoms with Crippen LogP contribution < -0.4 is 10.1 Å². The van der Waals surface area contributed by atoms with Gasteiger partial charge in [-0.3, -0.25) is 4.79 Å². The molecule has 10 heteroatoms. The third-order valence-electron chi connectivity index (χ3n) is 2.81. The summed E-state index contributed by atoms with van der Waals surface area (Å²) in [7, 11) is 1.57. The maximum absolute atomic E-state index is 12.0. The number of hydrogen-bond acceptors (Lipinski definition) is 6. The molecule has 1 N–H and O–H groups in total. The van der Waals surface area contributed by atoms with Gasteiger partial charge in [-0.15, -0.1) is 0 Å². The lowest BCUT2D eigenvalue weighted by atomic mass is 10.2. The third-order valence-corrected chi connectivity index (χ3v) is 4.65. The molecule has 0 unspecified atom stereocenters. The smallest absolute Gasteiger partial charge is 0.390 e. The molecular formula is C14H14F3N3O2S2. The first kappa shape index (κ1) is 18.5. The number of aromatic nitrogens is 2. The van der Waals surface area contributed by atoms with Crippen LogP contribution in [0.3, 0.4) is 0 Å². The number of nitrogens with one attached hydrogen (secondary N) is 1. The van der Waals surface area contributed by atoms with Crippen molar-refractivity contribution < 1.29 is 22.7 Å². The Morgan fingerprint density at radius 3 is 2.67 bits per heavy atom. The van der Waals surface area contributed by atoms with Crippen LogP contribution in [0, 0.1) is 0 Å². The second-order valence-electron chi connectivity index (χ2n) is 4.62. The molecule has 24 heavy (non-hydrogen) atoms. The third kappa shape index (κ3) is 6.00. The van der Waals surface area contributed by atoms with Crippen molar-refractivity contribution in [3.8, 4) is 17.1 Å². The van der Waals surface area contributed by atoms with E-state index in [4.69, 9.17) is 4.74 Å². The van der Waals surface area contributed by atoms with E-state index < -0.39 is 25.0 Å². The first-order valence-corrected chi connectivity index (χ1v) is 8.57. The highest BCUT2D eigenvalue weighted by Gasteiger charge is 2.26. The zero-order valence-corrected chi connectivity index (χ0v) is 14.2. The summed E-state index contributed by atoms with van der Waals surface area (Å²) in [6, 6.07) is 7.22. The molecule has 0 aliphatic heterocycles. The highest BCUT2D eigenvalue weighted by Crippen LogP contribution is 2.26. The molecule has 0 radical (unpaired) electrons. The SMILES string of the molecule is COc1ccc(-c2nsc(SCC(=O)NCCC(F)(F)F)n2)cc1. The van der Waals surface area contributed by atoms with Crippen LogP contribution in [0.1, 0.15) is 6.42 Å². The van der Waals surface area contributed by atoms with Gasteiger partial charge >= 0.3 is 6.18 Å². The van der Waals surface area contributed by atoms with E-state index in [-0.39, 0.29) is 5.75 Å². The number of thioether (sulfide) groups is 1. The van der Waals surface area contributed by atoms with Gasteiger partial charge in [0.25, 0.3) is 0 Å². The highest BCUT2D eigenvalue weighted by molar-refractivity contribution is 8.01. The molecule has 0 saturated carbocycles. The number of benzene rings is 1. The van der Waals surface area contributed by atoms with Crippen molar-refractivity contribution >= 4 is 29.2 Å². The predicted molar refractivity (Wildman–Crippen MR) is 86.3 cm³/mol. The number of alkyl halides is 3. The molecule has 0 fully saturated rings. The minimum atomic E-state index is -4.27. The zero-order valence-electron chi connectivity index (χ0n) is 12.6. The van der Waals surface area contributed by atoms with Gasteiger partial charge in [0, 0.05) is 12.1 Å². The minimum absolute atomic E-state index is 0.00486. The Labute approximate surface area is 144 Å². The number of halogens is 3. The normalized spacial score (nSPS) is 11.3. The van der Waals surface area contributed by atoms with E-state index in [9.17, 15) is 18.0 Å². The standard InChI is InChI=1S/C14H14F3N3O2S2/c1-22-10-4-2-9(3-5-10)12-19-13(24-20-12)23-8-11(21)18-7-6-14(15,16)17/h2-5H,6-8H2,1H3,(H,18,21). The first-order chi connectivity index (χ1) is 11.4. The Bertz CT molecular complexity index is 675. The maximum Gasteiger partial charge on any atom is 0.390 e. The Balaban J connectivity index is 1.82. The fourth-order valence-electron chi connectivity index (χ4n) is 1.65. The van der Waals surface area contributed by atoms with Crippen molar-refractivity contribution in [1.82, 2.24) is 14.7 Å². The van der Waals surface area contributed by atoms with E-state index in [1.807, 2.05) is 12.1 Å². The Kier molecular flexibility index (Phi) is 6.44. The van der Waals surface area contributed by atoms with Gasteiger partial charge in [-0.25, -0.2) is 4.98 Å². The van der Waals surface area contributed by atoms with Crippen molar-refractivity contribution in [2.75, 3.05) is 19.4 Å². The van der Waals surface area contributed by atoms with Gasteiger partial charge in [0.1, 0.15) is 5.75 Å². The molecule has 5 nitrogen and oxygen atoms in total. The molecule has 130 valence electrons. The van der Waals surface area contributed by atoms with E-state index in [1.54, 1.807) is 19.2 Å². The first-order valence-electron chi connectivity index (χ1n) is 6.82. The summed E-state index contributed by atoms with van der Waals surface area (Å²) in [5.41, 5.74) is 0.813.